The first-order chi connectivity index (χ1) is 6.12. The number of nitrogens with one attached hydrogen (secondary N) is 1. The molecule has 2 bridgehead atoms. The van der Waals surface area contributed by atoms with Crippen molar-refractivity contribution in [3.63, 3.8) is 0 Å². The van der Waals surface area contributed by atoms with E-state index in [1.807, 2.05) is 0 Å². The summed E-state index contributed by atoms with van der Waals surface area (Å²) in [5.74, 6) is 0.229. The van der Waals surface area contributed by atoms with Crippen molar-refractivity contribution in [2.75, 3.05) is 18.8 Å². The van der Waals surface area contributed by atoms with Gasteiger partial charge >= 0.3 is 0 Å². The molecule has 0 aromatic carbocycles. The predicted octanol–water partition coefficient (Wildman–Crippen LogP) is -0.228. The molecule has 4 nitrogen and oxygen atoms in total. The van der Waals surface area contributed by atoms with E-state index < -0.39 is 10.0 Å². The molecule has 76 valence electrons. The van der Waals surface area contributed by atoms with Crippen LogP contribution in [0, 0.1) is 0 Å². The molecule has 1 N–H and O–H groups in total. The standard InChI is InChI=1S/C8H16N2O2S/c1-2-13(11,12)10-5-7-3-4-8(6-10)9-7/h7-9H,2-6H2,1H3. The lowest BCUT2D eigenvalue weighted by atomic mass is 10.2. The number of fused-ring (bicyclic) bond motifs is 2. The van der Waals surface area contributed by atoms with Gasteiger partial charge in [-0.3, -0.25) is 0 Å². The molecule has 0 amide bonds. The van der Waals surface area contributed by atoms with Crippen molar-refractivity contribution in [3.05, 3.63) is 0 Å². The van der Waals surface area contributed by atoms with Gasteiger partial charge in [0.05, 0.1) is 5.75 Å². The first-order valence-corrected chi connectivity index (χ1v) is 6.46. The van der Waals surface area contributed by atoms with Crippen LogP contribution in [0.25, 0.3) is 0 Å². The van der Waals surface area contributed by atoms with Gasteiger partial charge in [0.15, 0.2) is 0 Å². The summed E-state index contributed by atoms with van der Waals surface area (Å²) in [4.78, 5) is 0. The second-order valence-corrected chi connectivity index (χ2v) is 6.11. The third kappa shape index (κ3) is 1.73. The first-order valence-electron chi connectivity index (χ1n) is 4.85. The van der Waals surface area contributed by atoms with Gasteiger partial charge in [-0.05, 0) is 19.8 Å². The average molecular weight is 204 g/mol. The second-order valence-electron chi connectivity index (χ2n) is 3.86. The Balaban J connectivity index is 2.11. The van der Waals surface area contributed by atoms with Gasteiger partial charge in [0.25, 0.3) is 0 Å². The Morgan fingerprint density at radius 3 is 2.31 bits per heavy atom. The highest BCUT2D eigenvalue weighted by Gasteiger charge is 2.36. The van der Waals surface area contributed by atoms with Crippen LogP contribution in [0.5, 0.6) is 0 Å². The van der Waals surface area contributed by atoms with Crippen molar-refractivity contribution in [2.24, 2.45) is 0 Å². The summed E-state index contributed by atoms with van der Waals surface area (Å²) >= 11 is 0. The summed E-state index contributed by atoms with van der Waals surface area (Å²) in [6.45, 7) is 3.05. The Labute approximate surface area is 79.4 Å². The summed E-state index contributed by atoms with van der Waals surface area (Å²) in [5.41, 5.74) is 0. The maximum Gasteiger partial charge on any atom is 0.213 e. The Bertz CT molecular complexity index is 277. The molecule has 2 aliphatic rings. The minimum absolute atomic E-state index is 0.229. The molecular weight excluding hydrogens is 188 g/mol. The Kier molecular flexibility index (Phi) is 2.33. The molecule has 0 spiro atoms. The Morgan fingerprint density at radius 2 is 1.85 bits per heavy atom. The normalized spacial score (nSPS) is 35.2. The molecule has 2 saturated heterocycles. The Morgan fingerprint density at radius 1 is 1.31 bits per heavy atom. The van der Waals surface area contributed by atoms with Crippen LogP contribution >= 0.6 is 0 Å². The van der Waals surface area contributed by atoms with Crippen molar-refractivity contribution in [1.29, 1.82) is 0 Å². The van der Waals surface area contributed by atoms with Gasteiger partial charge in [-0.25, -0.2) is 8.42 Å². The van der Waals surface area contributed by atoms with Crippen LogP contribution in [0.15, 0.2) is 0 Å². The van der Waals surface area contributed by atoms with E-state index in [1.54, 1.807) is 11.2 Å². The van der Waals surface area contributed by atoms with Crippen LogP contribution in [0.1, 0.15) is 19.8 Å². The van der Waals surface area contributed by atoms with Crippen molar-refractivity contribution in [1.82, 2.24) is 9.62 Å². The minimum Gasteiger partial charge on any atom is -0.309 e. The van der Waals surface area contributed by atoms with Gasteiger partial charge in [-0.2, -0.15) is 4.31 Å². The number of hydrogen-bond donors (Lipinski definition) is 1. The van der Waals surface area contributed by atoms with Gasteiger partial charge in [-0.15, -0.1) is 0 Å². The van der Waals surface area contributed by atoms with E-state index in [-0.39, 0.29) is 5.75 Å². The lowest BCUT2D eigenvalue weighted by molar-refractivity contribution is 0.296. The summed E-state index contributed by atoms with van der Waals surface area (Å²) < 4.78 is 24.8. The summed E-state index contributed by atoms with van der Waals surface area (Å²) in [6.07, 6.45) is 2.25. The molecule has 0 radical (unpaired) electrons. The number of hydrogen-bond acceptors (Lipinski definition) is 3. The highest BCUT2D eigenvalue weighted by molar-refractivity contribution is 7.89. The van der Waals surface area contributed by atoms with Gasteiger partial charge in [0, 0.05) is 25.2 Å². The highest BCUT2D eigenvalue weighted by atomic mass is 32.2. The summed E-state index contributed by atoms with van der Waals surface area (Å²) in [7, 11) is -2.95. The van der Waals surface area contributed by atoms with E-state index >= 15 is 0 Å². The van der Waals surface area contributed by atoms with Gasteiger partial charge in [-0.1, -0.05) is 0 Å². The van der Waals surface area contributed by atoms with Gasteiger partial charge < -0.3 is 5.32 Å². The zero-order chi connectivity index (χ0) is 9.47. The topological polar surface area (TPSA) is 49.4 Å². The summed E-state index contributed by atoms with van der Waals surface area (Å²) in [6, 6.07) is 0.806. The second kappa shape index (κ2) is 3.22. The molecule has 0 aliphatic carbocycles. The van der Waals surface area contributed by atoms with Crippen LogP contribution < -0.4 is 5.32 Å². The van der Waals surface area contributed by atoms with E-state index in [1.165, 1.54) is 0 Å². The highest BCUT2D eigenvalue weighted by Crippen LogP contribution is 2.21. The third-order valence-corrected chi connectivity index (χ3v) is 4.76. The molecule has 2 fully saturated rings. The monoisotopic (exact) mass is 204 g/mol. The predicted molar refractivity (Wildman–Crippen MR) is 51.0 cm³/mol. The molecule has 0 saturated carbocycles. The van der Waals surface area contributed by atoms with Gasteiger partial charge in [0.2, 0.25) is 10.0 Å². The maximum atomic E-state index is 11.6. The molecule has 2 unspecified atom stereocenters. The van der Waals surface area contributed by atoms with E-state index in [0.717, 1.165) is 12.8 Å². The molecule has 2 heterocycles. The number of sulfonamides is 1. The smallest absolute Gasteiger partial charge is 0.213 e. The lowest BCUT2D eigenvalue weighted by Gasteiger charge is -2.31. The molecule has 2 aliphatic heterocycles. The zero-order valence-electron chi connectivity index (χ0n) is 7.86. The van der Waals surface area contributed by atoms with E-state index in [9.17, 15) is 8.42 Å². The molecule has 0 aromatic rings. The molecular formula is C8H16N2O2S. The van der Waals surface area contributed by atoms with E-state index in [0.29, 0.717) is 25.2 Å². The number of rotatable bonds is 2. The van der Waals surface area contributed by atoms with Crippen LogP contribution in [-0.2, 0) is 10.0 Å². The minimum atomic E-state index is -2.95. The van der Waals surface area contributed by atoms with Crippen LogP contribution in [0.3, 0.4) is 0 Å². The average Bonchev–Trinajstić information content (AvgIpc) is 2.45. The largest absolute Gasteiger partial charge is 0.309 e. The molecule has 0 aromatic heterocycles. The SMILES string of the molecule is CCS(=O)(=O)N1CC2CCC(C1)N2. The van der Waals surface area contributed by atoms with E-state index in [4.69, 9.17) is 0 Å². The molecule has 13 heavy (non-hydrogen) atoms. The fourth-order valence-corrected chi connectivity index (χ4v) is 3.35. The zero-order valence-corrected chi connectivity index (χ0v) is 8.68. The van der Waals surface area contributed by atoms with E-state index in [2.05, 4.69) is 5.32 Å². The van der Waals surface area contributed by atoms with Crippen LogP contribution in [-0.4, -0.2) is 43.6 Å². The van der Waals surface area contributed by atoms with Crippen molar-refractivity contribution >= 4 is 10.0 Å². The lowest BCUT2D eigenvalue weighted by Crippen LogP contribution is -2.53. The first kappa shape index (κ1) is 9.43. The molecule has 2 rings (SSSR count). The maximum absolute atomic E-state index is 11.6. The third-order valence-electron chi connectivity index (χ3n) is 2.94. The van der Waals surface area contributed by atoms with Crippen molar-refractivity contribution in [3.8, 4) is 0 Å². The van der Waals surface area contributed by atoms with Gasteiger partial charge in [0.1, 0.15) is 0 Å². The molecule has 5 heteroatoms. The number of nitrogens with zero attached hydrogens (tertiary/aromatic N) is 1. The molecule has 2 atom stereocenters. The summed E-state index contributed by atoms with van der Waals surface area (Å²) in [5, 5.41) is 3.41. The Hall–Kier alpha value is -0.130. The van der Waals surface area contributed by atoms with Crippen LogP contribution in [0.2, 0.25) is 0 Å². The van der Waals surface area contributed by atoms with Crippen LogP contribution in [0.4, 0.5) is 0 Å². The number of piperazine rings is 1. The fourth-order valence-electron chi connectivity index (χ4n) is 2.17. The van der Waals surface area contributed by atoms with Crippen molar-refractivity contribution < 1.29 is 8.42 Å². The quantitative estimate of drug-likeness (QED) is 0.676. The fraction of sp³-hybridized carbons (Fsp3) is 1.00. The van der Waals surface area contributed by atoms with Crippen molar-refractivity contribution in [2.45, 2.75) is 31.8 Å².